The van der Waals surface area contributed by atoms with Crippen LogP contribution in [0, 0.1) is 0 Å². The Bertz CT molecular complexity index is 127. The highest BCUT2D eigenvalue weighted by molar-refractivity contribution is 6.74. The maximum absolute atomic E-state index is 6.00. The summed E-state index contributed by atoms with van der Waals surface area (Å²) in [5, 5.41) is 0.373. The van der Waals surface area contributed by atoms with Crippen molar-refractivity contribution in [3.8, 4) is 0 Å². The molecule has 12 heavy (non-hydrogen) atoms. The average Bonchev–Trinajstić information content (AvgIpc) is 1.85. The molecular weight excluding hydrogens is 180 g/mol. The standard InChI is InChI=1S/C9H24OSi2/c1-9(2,3)12(4,5)10-7-6-8-11/h6-8H2,1-5,11H3. The fraction of sp³-hybridized carbons (Fsp3) is 1.00. The number of hydrogen-bond acceptors (Lipinski definition) is 1. The molecule has 0 aromatic heterocycles. The Morgan fingerprint density at radius 2 is 1.75 bits per heavy atom. The van der Waals surface area contributed by atoms with E-state index in [0.29, 0.717) is 5.04 Å². The van der Waals surface area contributed by atoms with Gasteiger partial charge in [0.1, 0.15) is 0 Å². The van der Waals surface area contributed by atoms with Crippen LogP contribution in [0.15, 0.2) is 0 Å². The minimum Gasteiger partial charge on any atom is -0.417 e. The molecule has 0 fully saturated rings. The van der Waals surface area contributed by atoms with Crippen LogP contribution in [-0.4, -0.2) is 25.2 Å². The molecule has 0 aromatic rings. The highest BCUT2D eigenvalue weighted by Gasteiger charge is 2.36. The molecule has 0 unspecified atom stereocenters. The van der Waals surface area contributed by atoms with Crippen LogP contribution in [0.3, 0.4) is 0 Å². The maximum Gasteiger partial charge on any atom is 0.191 e. The molecule has 3 heteroatoms. The van der Waals surface area contributed by atoms with Gasteiger partial charge in [0.2, 0.25) is 0 Å². The van der Waals surface area contributed by atoms with E-state index in [2.05, 4.69) is 33.9 Å². The van der Waals surface area contributed by atoms with Gasteiger partial charge in [0.15, 0.2) is 8.32 Å². The molecule has 0 heterocycles. The smallest absolute Gasteiger partial charge is 0.191 e. The highest BCUT2D eigenvalue weighted by atomic mass is 28.4. The van der Waals surface area contributed by atoms with E-state index in [1.807, 2.05) is 0 Å². The predicted octanol–water partition coefficient (Wildman–Crippen LogP) is 2.18. The van der Waals surface area contributed by atoms with E-state index in [0.717, 1.165) is 6.61 Å². The van der Waals surface area contributed by atoms with Crippen molar-refractivity contribution in [3.05, 3.63) is 0 Å². The first kappa shape index (κ1) is 12.4. The van der Waals surface area contributed by atoms with Gasteiger partial charge in [-0.3, -0.25) is 0 Å². The van der Waals surface area contributed by atoms with Crippen LogP contribution in [0.25, 0.3) is 0 Å². The monoisotopic (exact) mass is 204 g/mol. The van der Waals surface area contributed by atoms with Crippen molar-refractivity contribution in [2.45, 2.75) is 51.4 Å². The average molecular weight is 204 g/mol. The van der Waals surface area contributed by atoms with Crippen molar-refractivity contribution >= 4 is 18.6 Å². The van der Waals surface area contributed by atoms with Crippen molar-refractivity contribution in [1.82, 2.24) is 0 Å². The van der Waals surface area contributed by atoms with Gasteiger partial charge in [-0.1, -0.05) is 26.8 Å². The second kappa shape index (κ2) is 4.58. The fourth-order valence-corrected chi connectivity index (χ4v) is 2.06. The third kappa shape index (κ3) is 3.87. The molecule has 0 radical (unpaired) electrons. The van der Waals surface area contributed by atoms with E-state index in [9.17, 15) is 0 Å². The molecule has 0 aliphatic heterocycles. The zero-order valence-corrected chi connectivity index (χ0v) is 12.5. The molecule has 0 rings (SSSR count). The first-order chi connectivity index (χ1) is 5.31. The van der Waals surface area contributed by atoms with Crippen molar-refractivity contribution in [2.75, 3.05) is 6.61 Å². The fourth-order valence-electron chi connectivity index (χ4n) is 0.688. The lowest BCUT2D eigenvalue weighted by Gasteiger charge is -2.36. The Morgan fingerprint density at radius 3 is 2.08 bits per heavy atom. The van der Waals surface area contributed by atoms with Gasteiger partial charge in [-0.05, 0) is 24.6 Å². The predicted molar refractivity (Wildman–Crippen MR) is 62.5 cm³/mol. The molecule has 1 nitrogen and oxygen atoms in total. The van der Waals surface area contributed by atoms with Crippen molar-refractivity contribution in [1.29, 1.82) is 0 Å². The third-order valence-corrected chi connectivity index (χ3v) is 8.01. The first-order valence-corrected chi connectivity index (χ1v) is 9.27. The van der Waals surface area contributed by atoms with Gasteiger partial charge in [-0.15, -0.1) is 0 Å². The van der Waals surface area contributed by atoms with E-state index in [1.54, 1.807) is 0 Å². The molecule has 0 spiro atoms. The van der Waals surface area contributed by atoms with E-state index in [4.69, 9.17) is 4.43 Å². The maximum atomic E-state index is 6.00. The van der Waals surface area contributed by atoms with E-state index in [-0.39, 0.29) is 0 Å². The van der Waals surface area contributed by atoms with Gasteiger partial charge in [0.25, 0.3) is 0 Å². The molecule has 0 aliphatic carbocycles. The Balaban J connectivity index is 3.88. The number of hydrogen-bond donors (Lipinski definition) is 0. The summed E-state index contributed by atoms with van der Waals surface area (Å²) in [6.45, 7) is 12.5. The van der Waals surface area contributed by atoms with Crippen molar-refractivity contribution in [3.63, 3.8) is 0 Å². The molecule has 0 saturated heterocycles. The summed E-state index contributed by atoms with van der Waals surface area (Å²) in [6, 6.07) is 1.37. The van der Waals surface area contributed by atoms with Gasteiger partial charge in [-0.2, -0.15) is 0 Å². The molecule has 0 N–H and O–H groups in total. The van der Waals surface area contributed by atoms with Crippen LogP contribution in [0.4, 0.5) is 0 Å². The summed E-state index contributed by atoms with van der Waals surface area (Å²) in [4.78, 5) is 0. The zero-order valence-electron chi connectivity index (χ0n) is 9.53. The van der Waals surface area contributed by atoms with E-state index in [1.165, 1.54) is 22.7 Å². The van der Waals surface area contributed by atoms with Crippen LogP contribution < -0.4 is 0 Å². The van der Waals surface area contributed by atoms with Crippen LogP contribution in [0.2, 0.25) is 24.2 Å². The minimum atomic E-state index is -1.43. The molecule has 0 atom stereocenters. The first-order valence-electron chi connectivity index (χ1n) is 4.95. The normalized spacial score (nSPS) is 13.8. The Kier molecular flexibility index (Phi) is 4.73. The van der Waals surface area contributed by atoms with Gasteiger partial charge in [0, 0.05) is 16.8 Å². The number of rotatable bonds is 4. The highest BCUT2D eigenvalue weighted by Crippen LogP contribution is 2.36. The quantitative estimate of drug-likeness (QED) is 0.504. The summed E-state index contributed by atoms with van der Waals surface area (Å²) < 4.78 is 6.00. The third-order valence-electron chi connectivity index (χ3n) is 2.77. The largest absolute Gasteiger partial charge is 0.417 e. The Hall–Kier alpha value is 0.394. The lowest BCUT2D eigenvalue weighted by molar-refractivity contribution is 0.288. The molecule has 0 bridgehead atoms. The minimum absolute atomic E-state index is 0.373. The Morgan fingerprint density at radius 1 is 1.25 bits per heavy atom. The molecule has 0 aliphatic rings. The molecule has 74 valence electrons. The van der Waals surface area contributed by atoms with Crippen LogP contribution in [-0.2, 0) is 4.43 Å². The Labute approximate surface area is 81.4 Å². The summed E-state index contributed by atoms with van der Waals surface area (Å²) in [5.74, 6) is 0. The van der Waals surface area contributed by atoms with Gasteiger partial charge < -0.3 is 4.43 Å². The van der Waals surface area contributed by atoms with Gasteiger partial charge in [-0.25, -0.2) is 0 Å². The van der Waals surface area contributed by atoms with Crippen molar-refractivity contribution < 1.29 is 4.43 Å². The lowest BCUT2D eigenvalue weighted by atomic mass is 10.2. The molecule has 0 amide bonds. The molecular formula is C9H24OSi2. The second-order valence-electron chi connectivity index (χ2n) is 4.96. The SMILES string of the molecule is CC(C)(C)[Si](C)(C)OCCC[SiH3]. The topological polar surface area (TPSA) is 9.23 Å². The summed E-state index contributed by atoms with van der Waals surface area (Å²) in [6.07, 6.45) is 1.26. The van der Waals surface area contributed by atoms with Crippen molar-refractivity contribution in [2.24, 2.45) is 0 Å². The van der Waals surface area contributed by atoms with E-state index >= 15 is 0 Å². The molecule has 0 aromatic carbocycles. The lowest BCUT2D eigenvalue weighted by Crippen LogP contribution is -2.40. The van der Waals surface area contributed by atoms with Gasteiger partial charge in [0.05, 0.1) is 0 Å². The van der Waals surface area contributed by atoms with Gasteiger partial charge >= 0.3 is 0 Å². The summed E-state index contributed by atoms with van der Waals surface area (Å²) in [5.41, 5.74) is 0. The second-order valence-corrected chi connectivity index (χ2v) is 10.8. The van der Waals surface area contributed by atoms with Crippen LogP contribution in [0.5, 0.6) is 0 Å². The van der Waals surface area contributed by atoms with E-state index < -0.39 is 8.32 Å². The zero-order chi connectivity index (χ0) is 9.83. The van der Waals surface area contributed by atoms with Crippen LogP contribution in [0.1, 0.15) is 27.2 Å². The summed E-state index contributed by atoms with van der Waals surface area (Å²) >= 11 is 0. The summed E-state index contributed by atoms with van der Waals surface area (Å²) in [7, 11) is -0.112. The molecule has 0 saturated carbocycles. The van der Waals surface area contributed by atoms with Crippen LogP contribution >= 0.6 is 0 Å².